The molecule has 0 spiro atoms. The molecule has 0 bridgehead atoms. The highest BCUT2D eigenvalue weighted by Crippen LogP contribution is 2.32. The second kappa shape index (κ2) is 12.2. The van der Waals surface area contributed by atoms with Gasteiger partial charge >= 0.3 is 0 Å². The molecule has 1 amide bonds. The zero-order valence-corrected chi connectivity index (χ0v) is 21.9. The van der Waals surface area contributed by atoms with Crippen molar-refractivity contribution in [3.63, 3.8) is 0 Å². The van der Waals surface area contributed by atoms with Crippen LogP contribution in [0.2, 0.25) is 0 Å². The SMILES string of the molecule is CCCC.CCN(CC)c1cc2nc(-c3ccc(C)cc3)[nH]c2cc1NC(=O)c1ccc(C)cc1. The Morgan fingerprint density at radius 3 is 1.97 bits per heavy atom. The Morgan fingerprint density at radius 1 is 0.857 bits per heavy atom. The minimum Gasteiger partial charge on any atom is -0.370 e. The van der Waals surface area contributed by atoms with Crippen LogP contribution in [0, 0.1) is 13.8 Å². The van der Waals surface area contributed by atoms with E-state index in [1.807, 2.05) is 37.3 Å². The number of aryl methyl sites for hydroxylation is 2. The van der Waals surface area contributed by atoms with Gasteiger partial charge in [0.2, 0.25) is 0 Å². The molecule has 0 saturated carbocycles. The molecule has 0 aliphatic heterocycles. The molecule has 35 heavy (non-hydrogen) atoms. The minimum atomic E-state index is -0.119. The number of imidazole rings is 1. The highest BCUT2D eigenvalue weighted by atomic mass is 16.1. The molecule has 4 rings (SSSR count). The van der Waals surface area contributed by atoms with E-state index in [2.05, 4.69) is 80.2 Å². The van der Waals surface area contributed by atoms with Gasteiger partial charge < -0.3 is 15.2 Å². The maximum Gasteiger partial charge on any atom is 0.255 e. The Labute approximate surface area is 209 Å². The van der Waals surface area contributed by atoms with Crippen LogP contribution in [0.25, 0.3) is 22.4 Å². The Balaban J connectivity index is 0.000000795. The average molecular weight is 471 g/mol. The lowest BCUT2D eigenvalue weighted by Crippen LogP contribution is -2.24. The molecule has 0 aliphatic rings. The first kappa shape index (κ1) is 26.0. The smallest absolute Gasteiger partial charge is 0.255 e. The van der Waals surface area contributed by atoms with Crippen molar-refractivity contribution in [3.8, 4) is 11.4 Å². The van der Waals surface area contributed by atoms with Crippen molar-refractivity contribution in [2.24, 2.45) is 0 Å². The summed E-state index contributed by atoms with van der Waals surface area (Å²) in [7, 11) is 0. The van der Waals surface area contributed by atoms with Crippen LogP contribution in [-0.4, -0.2) is 29.0 Å². The molecule has 2 N–H and O–H groups in total. The number of unbranched alkanes of at least 4 members (excludes halogenated alkanes) is 1. The Morgan fingerprint density at radius 2 is 1.43 bits per heavy atom. The third kappa shape index (κ3) is 6.50. The fraction of sp³-hybridized carbons (Fsp3) is 0.333. The van der Waals surface area contributed by atoms with Gasteiger partial charge in [0.25, 0.3) is 5.91 Å². The van der Waals surface area contributed by atoms with Crippen LogP contribution in [0.5, 0.6) is 0 Å². The topological polar surface area (TPSA) is 61.0 Å². The number of rotatable bonds is 7. The van der Waals surface area contributed by atoms with Gasteiger partial charge in [-0.3, -0.25) is 4.79 Å². The van der Waals surface area contributed by atoms with Gasteiger partial charge in [-0.05, 0) is 52.0 Å². The molecule has 1 heterocycles. The number of H-pyrrole nitrogens is 1. The molecule has 1 aromatic heterocycles. The predicted octanol–water partition coefficient (Wildman–Crippen LogP) is 7.75. The summed E-state index contributed by atoms with van der Waals surface area (Å²) in [6.45, 7) is 14.3. The van der Waals surface area contributed by atoms with E-state index in [-0.39, 0.29) is 5.91 Å². The van der Waals surface area contributed by atoms with E-state index in [1.165, 1.54) is 18.4 Å². The molecule has 184 valence electrons. The van der Waals surface area contributed by atoms with Crippen LogP contribution in [0.15, 0.2) is 60.7 Å². The number of carbonyl (C=O) groups is 1. The third-order valence-electron chi connectivity index (χ3n) is 6.09. The molecule has 3 aromatic carbocycles. The number of amides is 1. The number of aromatic nitrogens is 2. The van der Waals surface area contributed by atoms with Crippen molar-refractivity contribution in [1.29, 1.82) is 0 Å². The van der Waals surface area contributed by atoms with E-state index in [9.17, 15) is 4.79 Å². The van der Waals surface area contributed by atoms with Crippen LogP contribution in [-0.2, 0) is 0 Å². The Hall–Kier alpha value is -3.60. The zero-order chi connectivity index (χ0) is 25.4. The highest BCUT2D eigenvalue weighted by Gasteiger charge is 2.16. The molecule has 4 aromatic rings. The predicted molar refractivity (Wildman–Crippen MR) is 150 cm³/mol. The van der Waals surface area contributed by atoms with Crippen molar-refractivity contribution >= 4 is 28.3 Å². The first-order valence-corrected chi connectivity index (χ1v) is 12.6. The maximum atomic E-state index is 12.9. The largest absolute Gasteiger partial charge is 0.370 e. The zero-order valence-electron chi connectivity index (χ0n) is 21.9. The summed E-state index contributed by atoms with van der Waals surface area (Å²) >= 11 is 0. The van der Waals surface area contributed by atoms with E-state index < -0.39 is 0 Å². The van der Waals surface area contributed by atoms with Crippen molar-refractivity contribution < 1.29 is 4.79 Å². The van der Waals surface area contributed by atoms with Gasteiger partial charge in [-0.15, -0.1) is 0 Å². The number of benzene rings is 3. The molecule has 5 heteroatoms. The molecule has 0 radical (unpaired) electrons. The monoisotopic (exact) mass is 470 g/mol. The van der Waals surface area contributed by atoms with Gasteiger partial charge in [-0.1, -0.05) is 74.2 Å². The summed E-state index contributed by atoms with van der Waals surface area (Å²) in [5.41, 5.74) is 7.54. The molecule has 0 unspecified atom stereocenters. The van der Waals surface area contributed by atoms with Gasteiger partial charge in [0.05, 0.1) is 22.4 Å². The lowest BCUT2D eigenvalue weighted by Gasteiger charge is -2.24. The van der Waals surface area contributed by atoms with Gasteiger partial charge in [-0.25, -0.2) is 4.98 Å². The number of hydrogen-bond acceptors (Lipinski definition) is 3. The van der Waals surface area contributed by atoms with E-state index in [0.717, 1.165) is 52.4 Å². The van der Waals surface area contributed by atoms with Crippen molar-refractivity contribution in [1.82, 2.24) is 9.97 Å². The normalized spacial score (nSPS) is 10.6. The van der Waals surface area contributed by atoms with E-state index in [4.69, 9.17) is 4.98 Å². The van der Waals surface area contributed by atoms with Crippen LogP contribution < -0.4 is 10.2 Å². The first-order valence-electron chi connectivity index (χ1n) is 12.6. The van der Waals surface area contributed by atoms with Gasteiger partial charge in [-0.2, -0.15) is 0 Å². The second-order valence-electron chi connectivity index (χ2n) is 8.83. The first-order chi connectivity index (χ1) is 16.9. The standard InChI is InChI=1S/C26H28N4O.C4H10/c1-5-30(6-2)24-16-22-21(27-25(28-22)19-11-7-17(3)8-12-19)15-23(24)29-26(31)20-13-9-18(4)10-14-20;1-3-4-2/h7-16H,5-6H2,1-4H3,(H,27,28)(H,29,31);3-4H2,1-2H3. The van der Waals surface area contributed by atoms with Gasteiger partial charge in [0.1, 0.15) is 5.82 Å². The summed E-state index contributed by atoms with van der Waals surface area (Å²) < 4.78 is 0. The molecule has 0 atom stereocenters. The molecule has 0 aliphatic carbocycles. The molecule has 5 nitrogen and oxygen atoms in total. The van der Waals surface area contributed by atoms with Crippen LogP contribution in [0.3, 0.4) is 0 Å². The van der Waals surface area contributed by atoms with Crippen LogP contribution >= 0.6 is 0 Å². The summed E-state index contributed by atoms with van der Waals surface area (Å²) in [6, 6.07) is 19.9. The van der Waals surface area contributed by atoms with Crippen molar-refractivity contribution in [2.45, 2.75) is 54.4 Å². The Bertz CT molecular complexity index is 1230. The Kier molecular flexibility index (Phi) is 9.07. The number of aromatic amines is 1. The van der Waals surface area contributed by atoms with E-state index in [0.29, 0.717) is 5.56 Å². The lowest BCUT2D eigenvalue weighted by molar-refractivity contribution is 0.102. The van der Waals surface area contributed by atoms with E-state index in [1.54, 1.807) is 0 Å². The van der Waals surface area contributed by atoms with Crippen LogP contribution in [0.1, 0.15) is 62.0 Å². The van der Waals surface area contributed by atoms with E-state index >= 15 is 0 Å². The molecule has 0 saturated heterocycles. The van der Waals surface area contributed by atoms with Crippen molar-refractivity contribution in [3.05, 3.63) is 77.4 Å². The summed E-state index contributed by atoms with van der Waals surface area (Å²) in [5, 5.41) is 3.12. The average Bonchev–Trinajstić information content (AvgIpc) is 3.28. The third-order valence-corrected chi connectivity index (χ3v) is 6.09. The quantitative estimate of drug-likeness (QED) is 0.290. The molecule has 0 fully saturated rings. The maximum absolute atomic E-state index is 12.9. The fourth-order valence-electron chi connectivity index (χ4n) is 3.72. The number of carbonyl (C=O) groups excluding carboxylic acids is 1. The minimum absolute atomic E-state index is 0.119. The molecular weight excluding hydrogens is 432 g/mol. The summed E-state index contributed by atoms with van der Waals surface area (Å²) in [4.78, 5) is 23.4. The van der Waals surface area contributed by atoms with Gasteiger partial charge in [0, 0.05) is 24.2 Å². The van der Waals surface area contributed by atoms with Crippen molar-refractivity contribution in [2.75, 3.05) is 23.3 Å². The number of fused-ring (bicyclic) bond motifs is 1. The number of nitrogens with one attached hydrogen (secondary N) is 2. The molecular formula is C30H38N4O. The summed E-state index contributed by atoms with van der Waals surface area (Å²) in [6.07, 6.45) is 2.64. The number of hydrogen-bond donors (Lipinski definition) is 2. The number of nitrogens with zero attached hydrogens (tertiary/aromatic N) is 2. The fourth-order valence-corrected chi connectivity index (χ4v) is 3.72. The lowest BCUT2D eigenvalue weighted by atomic mass is 10.1. The summed E-state index contributed by atoms with van der Waals surface area (Å²) in [5.74, 6) is 0.702. The van der Waals surface area contributed by atoms with Crippen LogP contribution in [0.4, 0.5) is 11.4 Å². The highest BCUT2D eigenvalue weighted by molar-refractivity contribution is 6.07. The number of anilines is 2. The van der Waals surface area contributed by atoms with Gasteiger partial charge in [0.15, 0.2) is 0 Å². The second-order valence-corrected chi connectivity index (χ2v) is 8.83.